The molecule has 6 heteroatoms. The normalized spacial score (nSPS) is 15.0. The molecule has 0 aliphatic heterocycles. The zero-order valence-electron chi connectivity index (χ0n) is 48.3. The summed E-state index contributed by atoms with van der Waals surface area (Å²) >= 11 is 0. The Morgan fingerprint density at radius 2 is 1.35 bits per heavy atom. The van der Waals surface area contributed by atoms with Gasteiger partial charge in [-0.25, -0.2) is 4.98 Å². The Labute approximate surface area is 402 Å². The maximum atomic E-state index is 9.16. The number of para-hydroxylation sites is 3. The molecule has 0 N–H and O–H groups in total. The second-order valence-electron chi connectivity index (χ2n) is 17.2. The van der Waals surface area contributed by atoms with Gasteiger partial charge in [-0.3, -0.25) is 4.57 Å². The Hall–Kier alpha value is -6.55. The number of aromatic nitrogens is 4. The van der Waals surface area contributed by atoms with E-state index >= 15 is 0 Å². The summed E-state index contributed by atoms with van der Waals surface area (Å²) in [5.41, 5.74) is 4.63. The Morgan fingerprint density at radius 3 is 2.06 bits per heavy atom. The molecule has 3 heterocycles. The Kier molecular flexibility index (Phi) is 7.48. The van der Waals surface area contributed by atoms with Crippen molar-refractivity contribution in [1.82, 2.24) is 14.1 Å². The molecule has 0 radical (unpaired) electrons. The van der Waals surface area contributed by atoms with Crippen LogP contribution in [0.5, 0.6) is 11.5 Å². The topological polar surface area (TPSA) is 35.9 Å². The standard InChI is InChI=1S/C57H48N4O.Pt/c1-38-31-54(58-36-48(38)40-21-12-9-13-22-40)61-50-26-15-14-25-45(50)46-30-29-44(35-53(46)61)62-43-24-18-23-42(34-43)59-37-60(52-28-17-16-27-51(52)59)55-47(39-19-10-8-11-20-39)32-41(56(2,3)4)33-49(55)57(5,6)7;/h8-33,36H,1-7H3;/q-2;/i1D3,8D,9D,10D,11D,12D,13D,19D,20D,21D,22D;. The van der Waals surface area contributed by atoms with Crippen LogP contribution in [0.1, 0.15) is 76.1 Å². The number of hydrogen-bond donors (Lipinski definition) is 0. The average Bonchev–Trinajstić information content (AvgIpc) is 3.92. The van der Waals surface area contributed by atoms with Gasteiger partial charge in [-0.2, -0.15) is 18.2 Å². The minimum absolute atomic E-state index is 0. The van der Waals surface area contributed by atoms with Gasteiger partial charge in [-0.1, -0.05) is 162 Å². The molecule has 0 spiro atoms. The molecule has 0 aliphatic rings. The summed E-state index contributed by atoms with van der Waals surface area (Å²) < 4.78 is 124. The number of rotatable bonds is 7. The van der Waals surface area contributed by atoms with Crippen molar-refractivity contribution < 1.29 is 48.2 Å². The van der Waals surface area contributed by atoms with Crippen molar-refractivity contribution in [2.75, 3.05) is 0 Å². The fraction of sp³-hybridized carbons (Fsp3) is 0.158. The van der Waals surface area contributed by atoms with Gasteiger partial charge >= 0.3 is 0 Å². The van der Waals surface area contributed by atoms with Crippen LogP contribution >= 0.6 is 0 Å². The average molecular weight is 1010 g/mol. The molecule has 0 atom stereocenters. The zero-order chi connectivity index (χ0) is 54.0. The molecule has 0 fully saturated rings. The van der Waals surface area contributed by atoms with Crippen molar-refractivity contribution in [3.63, 3.8) is 0 Å². The molecule has 0 saturated carbocycles. The van der Waals surface area contributed by atoms with Crippen molar-refractivity contribution in [2.24, 2.45) is 0 Å². The van der Waals surface area contributed by atoms with Crippen LogP contribution in [0.3, 0.4) is 0 Å². The van der Waals surface area contributed by atoms with Gasteiger partial charge in [0.25, 0.3) is 6.33 Å². The quantitative estimate of drug-likeness (QED) is 0.118. The molecule has 63 heavy (non-hydrogen) atoms. The molecule has 0 aliphatic carbocycles. The molecule has 10 aromatic rings. The second-order valence-corrected chi connectivity index (χ2v) is 17.2. The Bertz CT molecular complexity index is 3960. The monoisotopic (exact) mass is 1010 g/mol. The number of nitrogens with zero attached hydrogens (tertiary/aromatic N) is 4. The third kappa shape index (κ3) is 7.70. The van der Waals surface area contributed by atoms with Crippen LogP contribution in [0.25, 0.3) is 72.3 Å². The fourth-order valence-corrected chi connectivity index (χ4v) is 7.93. The van der Waals surface area contributed by atoms with Crippen LogP contribution in [0.15, 0.2) is 164 Å². The number of imidazole rings is 1. The van der Waals surface area contributed by atoms with Crippen LogP contribution in [0.2, 0.25) is 0 Å². The molecule has 0 bridgehead atoms. The zero-order valence-corrected chi connectivity index (χ0v) is 37.6. The van der Waals surface area contributed by atoms with Crippen LogP contribution in [-0.2, 0) is 31.9 Å². The molecule has 0 saturated heterocycles. The smallest absolute Gasteiger partial charge is 0.268 e. The summed E-state index contributed by atoms with van der Waals surface area (Å²) in [6.07, 6.45) is 4.80. The number of pyridine rings is 1. The fourth-order valence-electron chi connectivity index (χ4n) is 7.93. The maximum absolute atomic E-state index is 9.16. The first-order valence-electron chi connectivity index (χ1n) is 26.7. The number of fused-ring (bicyclic) bond motifs is 4. The van der Waals surface area contributed by atoms with E-state index in [4.69, 9.17) is 22.6 Å². The van der Waals surface area contributed by atoms with Crippen LogP contribution in [0.4, 0.5) is 0 Å². The summed E-state index contributed by atoms with van der Waals surface area (Å²) in [5, 5.41) is 1.57. The van der Waals surface area contributed by atoms with E-state index in [1.807, 2.05) is 81.9 Å². The van der Waals surface area contributed by atoms with Crippen molar-refractivity contribution >= 4 is 32.8 Å². The van der Waals surface area contributed by atoms with E-state index in [0.29, 0.717) is 39.5 Å². The summed E-state index contributed by atoms with van der Waals surface area (Å²) in [4.78, 5) is 4.68. The number of hydrogen-bond acceptors (Lipinski definition) is 2. The van der Waals surface area contributed by atoms with E-state index in [2.05, 4.69) is 71.1 Å². The van der Waals surface area contributed by atoms with E-state index in [-0.39, 0.29) is 66.6 Å². The Morgan fingerprint density at radius 1 is 0.667 bits per heavy atom. The largest absolute Gasteiger partial charge is 0.510 e. The maximum Gasteiger partial charge on any atom is 0.268 e. The molecule has 7 aromatic carbocycles. The van der Waals surface area contributed by atoms with Gasteiger partial charge in [0.2, 0.25) is 0 Å². The molecule has 10 rings (SSSR count). The summed E-state index contributed by atoms with van der Waals surface area (Å²) in [6, 6.07) is 31.7. The van der Waals surface area contributed by atoms with Gasteiger partial charge < -0.3 is 13.9 Å². The van der Waals surface area contributed by atoms with Gasteiger partial charge in [0, 0.05) is 54.0 Å². The number of ether oxygens (including phenoxy) is 1. The van der Waals surface area contributed by atoms with E-state index in [1.54, 1.807) is 16.7 Å². The number of benzene rings is 7. The predicted molar refractivity (Wildman–Crippen MR) is 253 cm³/mol. The summed E-state index contributed by atoms with van der Waals surface area (Å²) in [6.45, 7) is 9.71. The predicted octanol–water partition coefficient (Wildman–Crippen LogP) is 13.8. The first kappa shape index (κ1) is 28.9. The third-order valence-electron chi connectivity index (χ3n) is 11.0. The first-order chi connectivity index (χ1) is 35.3. The van der Waals surface area contributed by atoms with Crippen LogP contribution in [-0.4, -0.2) is 14.1 Å². The molecular formula is C57H48N4OPt-2. The van der Waals surface area contributed by atoms with Gasteiger partial charge in [-0.15, -0.1) is 29.7 Å². The summed E-state index contributed by atoms with van der Waals surface area (Å²) in [5.74, 6) is 0.797. The first-order valence-corrected chi connectivity index (χ1v) is 20.2. The van der Waals surface area contributed by atoms with Crippen molar-refractivity contribution in [3.05, 3.63) is 199 Å². The van der Waals surface area contributed by atoms with Gasteiger partial charge in [0.05, 0.1) is 30.4 Å². The molecule has 0 unspecified atom stereocenters. The van der Waals surface area contributed by atoms with Crippen molar-refractivity contribution in [2.45, 2.75) is 59.2 Å². The second kappa shape index (κ2) is 16.3. The molecule has 314 valence electrons. The molecule has 3 aromatic heterocycles. The van der Waals surface area contributed by atoms with Crippen LogP contribution in [0, 0.1) is 25.3 Å². The van der Waals surface area contributed by atoms with E-state index in [1.165, 1.54) is 12.3 Å². The molecule has 5 nitrogen and oxygen atoms in total. The Balaban J connectivity index is 0.00000706. The minimum atomic E-state index is -2.78. The van der Waals surface area contributed by atoms with Crippen LogP contribution < -0.4 is 9.30 Å². The van der Waals surface area contributed by atoms with E-state index < -0.39 is 60.6 Å². The van der Waals surface area contributed by atoms with Gasteiger partial charge in [0.15, 0.2) is 0 Å². The van der Waals surface area contributed by atoms with Crippen molar-refractivity contribution in [1.29, 1.82) is 0 Å². The third-order valence-corrected chi connectivity index (χ3v) is 11.0. The number of aryl methyl sites for hydroxylation is 1. The van der Waals surface area contributed by atoms with Gasteiger partial charge in [0.1, 0.15) is 5.82 Å². The van der Waals surface area contributed by atoms with E-state index in [0.717, 1.165) is 32.9 Å². The molecular weight excluding hydrogens is 952 g/mol. The summed E-state index contributed by atoms with van der Waals surface area (Å²) in [7, 11) is 0. The van der Waals surface area contributed by atoms with Gasteiger partial charge in [-0.05, 0) is 74.3 Å². The SMILES string of the molecule is [2H]c1c([2H])c([2H])c(-c2cnc(-n3c4[c-]c(Oc5[c-]c(-n6[c-][n+](-c7c(-c8c([2H])c([2H])c([2H])c([2H])c8[2H])cc(C(C)(C)C)cc7C(C)(C)C)c7ccccc76)ccc5)ccc4c4ccccc43)cc2C([2H])([2H])[2H])c([2H])c1[2H].[Pt]. The van der Waals surface area contributed by atoms with Crippen molar-refractivity contribution in [3.8, 4) is 50.9 Å². The minimum Gasteiger partial charge on any atom is -0.510 e. The van der Waals surface area contributed by atoms with E-state index in [9.17, 15) is 0 Å². The molecule has 0 amide bonds.